The third-order valence-electron chi connectivity index (χ3n) is 2.46. The monoisotopic (exact) mass is 422 g/mol. The smallest absolute Gasteiger partial charge is 0.550 e. The molecule has 2 N–H and O–H groups in total. The largest absolute Gasteiger partial charge is 2.00 e. The molecule has 0 saturated heterocycles. The maximum Gasteiger partial charge on any atom is 2.00 e. The maximum absolute atomic E-state index is 11.7. The molecule has 0 aliphatic rings. The fourth-order valence-electron chi connectivity index (χ4n) is 1.50. The molecule has 0 unspecified atom stereocenters. The van der Waals surface area contributed by atoms with Gasteiger partial charge in [-0.2, -0.15) is 5.10 Å². The summed E-state index contributed by atoms with van der Waals surface area (Å²) in [4.78, 5) is 20.6. The molecule has 0 fully saturated rings. The van der Waals surface area contributed by atoms with E-state index in [4.69, 9.17) is 33.1 Å². The van der Waals surface area contributed by atoms with Crippen LogP contribution in [-0.4, -0.2) is 23.2 Å². The number of carbonyl (C=O) groups excluding carboxylic acids is 2. The molecule has 0 aromatic heterocycles. The Balaban J connectivity index is 0.00000104. The number of carboxylic acids is 1. The van der Waals surface area contributed by atoms with Crippen molar-refractivity contribution in [3.05, 3.63) is 63.6 Å². The van der Waals surface area contributed by atoms with Gasteiger partial charge in [-0.15, -0.1) is 0 Å². The van der Waals surface area contributed by atoms with Crippen molar-refractivity contribution in [3.63, 3.8) is 0 Å². The van der Waals surface area contributed by atoms with Crippen LogP contribution in [0.2, 0.25) is 10.0 Å². The fraction of sp³-hybridized carbons (Fsp3) is 0.0625. The number of hydrazone groups is 1. The molecule has 0 heterocycles. The van der Waals surface area contributed by atoms with E-state index in [-0.39, 0.29) is 33.7 Å². The maximum atomic E-state index is 11.7. The Morgan fingerprint density at radius 3 is 2.32 bits per heavy atom. The van der Waals surface area contributed by atoms with Crippen molar-refractivity contribution in [1.29, 1.82) is 0 Å². The van der Waals surface area contributed by atoms with Gasteiger partial charge in [0.25, 0.3) is 5.91 Å². The summed E-state index contributed by atoms with van der Waals surface area (Å²) in [6.45, 7) is 0.972. The number of carbonyl (C=O) groups is 2. The summed E-state index contributed by atoms with van der Waals surface area (Å²) in [5.41, 5.74) is 3.15. The van der Waals surface area contributed by atoms with Gasteiger partial charge in [-0.3, -0.25) is 4.79 Å². The number of halogens is 2. The Morgan fingerprint density at radius 1 is 1.20 bits per heavy atom. The van der Waals surface area contributed by atoms with Gasteiger partial charge >= 0.3 is 17.1 Å². The van der Waals surface area contributed by atoms with Crippen molar-refractivity contribution in [2.75, 3.05) is 0 Å². The van der Waals surface area contributed by atoms with Crippen LogP contribution >= 0.6 is 23.2 Å². The number of rotatable bonds is 3. The minimum atomic E-state index is -1.08. The number of benzene rings is 2. The van der Waals surface area contributed by atoms with E-state index in [0.717, 1.165) is 6.92 Å². The summed E-state index contributed by atoms with van der Waals surface area (Å²) in [5.74, 6) is -1.58. The van der Waals surface area contributed by atoms with Crippen molar-refractivity contribution in [3.8, 4) is 5.75 Å². The van der Waals surface area contributed by atoms with Crippen LogP contribution in [0.5, 0.6) is 5.75 Å². The quantitative estimate of drug-likeness (QED) is 0.449. The van der Waals surface area contributed by atoms with Gasteiger partial charge < -0.3 is 15.0 Å². The zero-order chi connectivity index (χ0) is 18.1. The second-order valence-electron chi connectivity index (χ2n) is 4.38. The van der Waals surface area contributed by atoms with Gasteiger partial charge in [0, 0.05) is 22.1 Å². The number of nitrogens with one attached hydrogen (secondary N) is 1. The van der Waals surface area contributed by atoms with Crippen LogP contribution in [0, 0.1) is 0 Å². The molecule has 1 amide bonds. The molecule has 0 saturated carbocycles. The first-order valence-electron chi connectivity index (χ1n) is 6.55. The number of aromatic hydroxyl groups is 1. The summed E-state index contributed by atoms with van der Waals surface area (Å²) in [7, 11) is 0. The number of phenols is 1. The van der Waals surface area contributed by atoms with E-state index in [1.54, 1.807) is 24.3 Å². The number of hydrogen-bond acceptors (Lipinski definition) is 5. The Kier molecular flexibility index (Phi) is 10.6. The summed E-state index contributed by atoms with van der Waals surface area (Å²) in [6, 6.07) is 11.5. The van der Waals surface area contributed by atoms with E-state index in [1.807, 2.05) is 6.07 Å². The average Bonchev–Trinajstić information content (AvgIpc) is 2.52. The van der Waals surface area contributed by atoms with Crippen molar-refractivity contribution in [1.82, 2.24) is 5.43 Å². The van der Waals surface area contributed by atoms with Crippen molar-refractivity contribution in [2.24, 2.45) is 5.10 Å². The molecular weight excluding hydrogens is 410 g/mol. The molecule has 0 bridgehead atoms. The fourth-order valence-corrected chi connectivity index (χ4v) is 2.01. The number of hydrogen-bond donors (Lipinski definition) is 2. The standard InChI is InChI=1S/C14H10Cl2N2O2.C2H4O2.Mn/c15-11-6-10(13(19)12(16)7-11)8-17-18-14(20)9-4-2-1-3-5-9;1-2(3)4;/h1-8,19H,(H,18,20);1H3,(H,3,4);/q;;+2/p-1/b17-8+;;. The van der Waals surface area contributed by atoms with Crippen LogP contribution in [0.4, 0.5) is 0 Å². The van der Waals surface area contributed by atoms with Crippen LogP contribution in [0.25, 0.3) is 0 Å². The van der Waals surface area contributed by atoms with Gasteiger partial charge in [-0.1, -0.05) is 41.4 Å². The molecule has 0 aliphatic carbocycles. The zero-order valence-corrected chi connectivity index (χ0v) is 15.6. The van der Waals surface area contributed by atoms with Crippen LogP contribution in [0.15, 0.2) is 47.6 Å². The molecule has 2 aromatic carbocycles. The van der Waals surface area contributed by atoms with E-state index in [0.29, 0.717) is 16.1 Å². The van der Waals surface area contributed by atoms with Gasteiger partial charge in [-0.25, -0.2) is 5.43 Å². The summed E-state index contributed by atoms with van der Waals surface area (Å²) in [5, 5.41) is 22.8. The van der Waals surface area contributed by atoms with E-state index >= 15 is 0 Å². The molecule has 1 radical (unpaired) electrons. The minimum Gasteiger partial charge on any atom is -0.550 e. The molecule has 2 rings (SSSR count). The second kappa shape index (κ2) is 11.5. The number of nitrogens with zero attached hydrogens (tertiary/aromatic N) is 1. The molecule has 6 nitrogen and oxygen atoms in total. The van der Waals surface area contributed by atoms with Crippen LogP contribution in [-0.2, 0) is 21.9 Å². The molecule has 25 heavy (non-hydrogen) atoms. The minimum absolute atomic E-state index is 0. The number of aliphatic carboxylic acids is 1. The Labute approximate surface area is 164 Å². The summed E-state index contributed by atoms with van der Waals surface area (Å²) < 4.78 is 0. The van der Waals surface area contributed by atoms with E-state index < -0.39 is 5.97 Å². The van der Waals surface area contributed by atoms with E-state index in [9.17, 15) is 9.90 Å². The van der Waals surface area contributed by atoms with Gasteiger partial charge in [0.05, 0.1) is 11.2 Å². The summed E-state index contributed by atoms with van der Waals surface area (Å²) >= 11 is 11.6. The first-order valence-corrected chi connectivity index (χ1v) is 7.31. The van der Waals surface area contributed by atoms with Gasteiger partial charge in [0.1, 0.15) is 5.75 Å². The predicted octanol–water partition coefficient (Wildman–Crippen LogP) is 2.22. The number of amides is 1. The zero-order valence-electron chi connectivity index (χ0n) is 12.9. The second-order valence-corrected chi connectivity index (χ2v) is 5.23. The molecule has 2 aromatic rings. The van der Waals surface area contributed by atoms with Crippen molar-refractivity contribution >= 4 is 41.3 Å². The average molecular weight is 423 g/mol. The Hall–Kier alpha value is -2.05. The van der Waals surface area contributed by atoms with E-state index in [2.05, 4.69) is 10.5 Å². The van der Waals surface area contributed by atoms with Gasteiger partial charge in [0.15, 0.2) is 0 Å². The Morgan fingerprint density at radius 2 is 1.76 bits per heavy atom. The van der Waals surface area contributed by atoms with E-state index in [1.165, 1.54) is 18.3 Å². The van der Waals surface area contributed by atoms with Crippen molar-refractivity contribution in [2.45, 2.75) is 6.92 Å². The first kappa shape index (κ1) is 22.9. The Bertz CT molecular complexity index is 751. The predicted molar refractivity (Wildman–Crippen MR) is 90.3 cm³/mol. The van der Waals surface area contributed by atoms with Crippen LogP contribution < -0.4 is 10.5 Å². The molecule has 0 aliphatic heterocycles. The molecule has 0 atom stereocenters. The third kappa shape index (κ3) is 8.56. The number of phenolic OH excluding ortho intramolecular Hbond substituents is 1. The van der Waals surface area contributed by atoms with Gasteiger partial charge in [-0.05, 0) is 31.2 Å². The van der Waals surface area contributed by atoms with Crippen LogP contribution in [0.1, 0.15) is 22.8 Å². The van der Waals surface area contributed by atoms with Gasteiger partial charge in [0.2, 0.25) is 0 Å². The van der Waals surface area contributed by atoms with Crippen LogP contribution in [0.3, 0.4) is 0 Å². The third-order valence-corrected chi connectivity index (χ3v) is 2.97. The van der Waals surface area contributed by atoms with Crippen molar-refractivity contribution < 1.29 is 36.9 Å². The molecular formula is C16H13Cl2MnN2O4+. The normalized spacial score (nSPS) is 9.56. The first-order chi connectivity index (χ1) is 11.3. The summed E-state index contributed by atoms with van der Waals surface area (Å²) in [6.07, 6.45) is 1.27. The molecule has 0 spiro atoms. The SMILES string of the molecule is CC(=O)[O-].O=C(N/N=C/c1cc(Cl)cc(Cl)c1O)c1ccccc1.[Mn+2]. The molecule has 131 valence electrons. The number of carboxylic acid groups (broad SMARTS) is 1. The molecule has 9 heteroatoms. The topological polar surface area (TPSA) is 102 Å².